The second-order valence-electron chi connectivity index (χ2n) is 6.32. The molecule has 1 aliphatic rings. The number of aryl methyl sites for hydroxylation is 1. The fraction of sp³-hybridized carbons (Fsp3) is 0.750. The Balaban J connectivity index is 2.32. The van der Waals surface area contributed by atoms with Gasteiger partial charge < -0.3 is 20.1 Å². The van der Waals surface area contributed by atoms with E-state index in [1.54, 1.807) is 5.06 Å². The molecule has 10 nitrogen and oxygen atoms in total. The number of aromatic amines is 1. The van der Waals surface area contributed by atoms with Crippen molar-refractivity contribution >= 4 is 0 Å². The molecule has 2 rings (SSSR count). The predicted molar refractivity (Wildman–Crippen MR) is 91.5 cm³/mol. The van der Waals surface area contributed by atoms with E-state index in [9.17, 15) is 24.9 Å². The van der Waals surface area contributed by atoms with Crippen LogP contribution in [0.2, 0.25) is 0 Å². The molecule has 1 aliphatic heterocycles. The summed E-state index contributed by atoms with van der Waals surface area (Å²) < 4.78 is 6.55. The number of ether oxygens (including phenoxy) is 1. The highest BCUT2D eigenvalue weighted by molar-refractivity contribution is 5.07. The smallest absolute Gasteiger partial charge is 0.330 e. The topological polar surface area (TPSA) is 137 Å². The van der Waals surface area contributed by atoms with E-state index >= 15 is 0 Å². The number of rotatable bonds is 8. The van der Waals surface area contributed by atoms with Crippen molar-refractivity contribution in [3.05, 3.63) is 32.6 Å². The molecule has 1 aromatic heterocycles. The van der Waals surface area contributed by atoms with E-state index in [0.29, 0.717) is 13.1 Å². The minimum Gasteiger partial charge on any atom is -0.394 e. The maximum absolute atomic E-state index is 12.2. The summed E-state index contributed by atoms with van der Waals surface area (Å²) in [5.41, 5.74) is -2.96. The lowest BCUT2D eigenvalue weighted by Crippen LogP contribution is -2.50. The Kier molecular flexibility index (Phi) is 6.72. The van der Waals surface area contributed by atoms with E-state index in [0.717, 1.165) is 4.57 Å². The summed E-state index contributed by atoms with van der Waals surface area (Å²) in [5, 5.41) is 32.6. The van der Waals surface area contributed by atoms with Gasteiger partial charge in [-0.3, -0.25) is 19.2 Å². The average Bonchev–Trinajstić information content (AvgIpc) is 2.86. The Morgan fingerprint density at radius 3 is 2.62 bits per heavy atom. The van der Waals surface area contributed by atoms with Crippen molar-refractivity contribution in [2.24, 2.45) is 0 Å². The molecule has 10 heteroatoms. The van der Waals surface area contributed by atoms with Gasteiger partial charge in [-0.15, -0.1) is 0 Å². The van der Waals surface area contributed by atoms with Gasteiger partial charge in [-0.2, -0.15) is 5.06 Å². The molecule has 26 heavy (non-hydrogen) atoms. The van der Waals surface area contributed by atoms with E-state index in [1.807, 2.05) is 13.8 Å². The molecule has 4 N–H and O–H groups in total. The summed E-state index contributed by atoms with van der Waals surface area (Å²) in [7, 11) is 0. The van der Waals surface area contributed by atoms with Crippen LogP contribution in [0.5, 0.6) is 0 Å². The van der Waals surface area contributed by atoms with Gasteiger partial charge in [-0.25, -0.2) is 4.79 Å². The Labute approximate surface area is 150 Å². The predicted octanol–water partition coefficient (Wildman–Crippen LogP) is -1.51. The highest BCUT2D eigenvalue weighted by Crippen LogP contribution is 2.40. The van der Waals surface area contributed by atoms with Gasteiger partial charge in [-0.1, -0.05) is 13.8 Å². The monoisotopic (exact) mass is 373 g/mol. The first-order valence-electron chi connectivity index (χ1n) is 8.65. The van der Waals surface area contributed by atoms with Crippen LogP contribution in [-0.2, 0) is 9.57 Å². The molecule has 2 heterocycles. The van der Waals surface area contributed by atoms with Crippen LogP contribution >= 0.6 is 0 Å². The van der Waals surface area contributed by atoms with Gasteiger partial charge in [0.1, 0.15) is 17.8 Å². The lowest BCUT2D eigenvalue weighted by Gasteiger charge is -2.32. The highest BCUT2D eigenvalue weighted by Gasteiger charge is 2.56. The van der Waals surface area contributed by atoms with E-state index in [4.69, 9.17) is 9.57 Å². The number of aliphatic hydroxyl groups excluding tert-OH is 2. The standard InChI is InChI=1S/C16H27N3O7/c1-4-18(5-2)25-7-6-16(24)12(21)11(9-20)26-14(16)19-8-10(3)13(22)17-15(19)23/h8,11-12,14,20-21,24H,4-7,9H2,1-3H3,(H,17,22,23)/t11-,12-,14-,16-/m1/s1. The number of nitrogens with zero attached hydrogens (tertiary/aromatic N) is 2. The first-order valence-corrected chi connectivity index (χ1v) is 8.65. The molecule has 1 aromatic rings. The Bertz CT molecular complexity index is 715. The zero-order chi connectivity index (χ0) is 19.5. The summed E-state index contributed by atoms with van der Waals surface area (Å²) >= 11 is 0. The third-order valence-electron chi connectivity index (χ3n) is 4.66. The minimum absolute atomic E-state index is 0.0452. The first kappa shape index (κ1) is 20.7. The molecule has 0 bridgehead atoms. The largest absolute Gasteiger partial charge is 0.394 e. The Hall–Kier alpha value is -1.56. The second-order valence-corrected chi connectivity index (χ2v) is 6.32. The summed E-state index contributed by atoms with van der Waals surface area (Å²) in [6, 6.07) is 0. The third kappa shape index (κ3) is 3.90. The van der Waals surface area contributed by atoms with E-state index in [-0.39, 0.29) is 18.6 Å². The van der Waals surface area contributed by atoms with Crippen molar-refractivity contribution < 1.29 is 24.9 Å². The number of aliphatic hydroxyl groups is 3. The summed E-state index contributed by atoms with van der Waals surface area (Å²) in [6.45, 7) is 6.17. The van der Waals surface area contributed by atoms with E-state index in [1.165, 1.54) is 13.1 Å². The number of H-pyrrole nitrogens is 1. The van der Waals surface area contributed by atoms with E-state index in [2.05, 4.69) is 4.98 Å². The van der Waals surface area contributed by atoms with Crippen molar-refractivity contribution in [3.8, 4) is 0 Å². The van der Waals surface area contributed by atoms with Crippen molar-refractivity contribution in [1.82, 2.24) is 14.6 Å². The second kappa shape index (κ2) is 8.42. The number of hydroxylamine groups is 2. The van der Waals surface area contributed by atoms with Crippen molar-refractivity contribution in [1.29, 1.82) is 0 Å². The summed E-state index contributed by atoms with van der Waals surface area (Å²) in [5.74, 6) is 0. The zero-order valence-electron chi connectivity index (χ0n) is 15.2. The maximum atomic E-state index is 12.2. The van der Waals surface area contributed by atoms with Crippen LogP contribution in [0.25, 0.3) is 0 Å². The molecule has 1 saturated heterocycles. The van der Waals surface area contributed by atoms with Crippen LogP contribution in [-0.4, -0.2) is 74.0 Å². The van der Waals surface area contributed by atoms with Crippen molar-refractivity contribution in [2.45, 2.75) is 51.2 Å². The molecule has 0 unspecified atom stereocenters. The van der Waals surface area contributed by atoms with Gasteiger partial charge in [-0.05, 0) is 6.92 Å². The summed E-state index contributed by atoms with van der Waals surface area (Å²) in [6.07, 6.45) is -2.57. The first-order chi connectivity index (χ1) is 12.3. The van der Waals surface area contributed by atoms with Crippen LogP contribution in [0.1, 0.15) is 32.1 Å². The molecule has 148 valence electrons. The molecule has 0 radical (unpaired) electrons. The van der Waals surface area contributed by atoms with Crippen LogP contribution in [0.15, 0.2) is 15.8 Å². The zero-order valence-corrected chi connectivity index (χ0v) is 15.2. The molecular formula is C16H27N3O7. The van der Waals surface area contributed by atoms with Crippen LogP contribution in [0.4, 0.5) is 0 Å². The van der Waals surface area contributed by atoms with Crippen LogP contribution in [0.3, 0.4) is 0 Å². The number of aromatic nitrogens is 2. The Morgan fingerprint density at radius 2 is 2.04 bits per heavy atom. The number of nitrogens with one attached hydrogen (secondary N) is 1. The van der Waals surface area contributed by atoms with Gasteiger partial charge >= 0.3 is 5.69 Å². The van der Waals surface area contributed by atoms with Crippen molar-refractivity contribution in [3.63, 3.8) is 0 Å². The highest BCUT2D eigenvalue weighted by atomic mass is 16.7. The average molecular weight is 373 g/mol. The molecule has 0 amide bonds. The van der Waals surface area contributed by atoms with E-state index < -0.39 is 41.9 Å². The molecule has 1 fully saturated rings. The van der Waals surface area contributed by atoms with Gasteiger partial charge in [0.25, 0.3) is 5.56 Å². The fourth-order valence-electron chi connectivity index (χ4n) is 3.05. The molecule has 0 spiro atoms. The molecule has 0 saturated carbocycles. The minimum atomic E-state index is -1.88. The normalized spacial score (nSPS) is 28.8. The Morgan fingerprint density at radius 1 is 1.38 bits per heavy atom. The molecular weight excluding hydrogens is 346 g/mol. The molecule has 4 atom stereocenters. The quantitative estimate of drug-likeness (QED) is 0.404. The lowest BCUT2D eigenvalue weighted by atomic mass is 9.90. The van der Waals surface area contributed by atoms with Gasteiger partial charge in [0.05, 0.1) is 13.2 Å². The summed E-state index contributed by atoms with van der Waals surface area (Å²) in [4.78, 5) is 31.4. The van der Waals surface area contributed by atoms with Crippen LogP contribution < -0.4 is 11.2 Å². The van der Waals surface area contributed by atoms with Crippen molar-refractivity contribution in [2.75, 3.05) is 26.3 Å². The SMILES string of the molecule is CCN(CC)OCC[C@@]1(O)[C@H](O)[C@@H](CO)O[C@H]1n1cc(C)c(=O)[nH]c1=O. The van der Waals surface area contributed by atoms with Gasteiger partial charge in [0.15, 0.2) is 6.23 Å². The fourth-order valence-corrected chi connectivity index (χ4v) is 3.05. The van der Waals surface area contributed by atoms with Gasteiger partial charge in [0, 0.05) is 31.3 Å². The van der Waals surface area contributed by atoms with Crippen LogP contribution in [0, 0.1) is 6.92 Å². The van der Waals surface area contributed by atoms with Gasteiger partial charge in [0.2, 0.25) is 0 Å². The number of hydrogen-bond donors (Lipinski definition) is 4. The maximum Gasteiger partial charge on any atom is 0.330 e. The number of hydrogen-bond acceptors (Lipinski definition) is 8. The lowest BCUT2D eigenvalue weighted by molar-refractivity contribution is -0.182. The molecule has 0 aromatic carbocycles. The molecule has 0 aliphatic carbocycles. The third-order valence-corrected chi connectivity index (χ3v) is 4.66.